The van der Waals surface area contributed by atoms with Gasteiger partial charge in [-0.3, -0.25) is 0 Å². The molecule has 0 radical (unpaired) electrons. The summed E-state index contributed by atoms with van der Waals surface area (Å²) < 4.78 is 11.0. The maximum Gasteiger partial charge on any atom is 0.191 e. The van der Waals surface area contributed by atoms with E-state index in [1.54, 1.807) is 0 Å². The van der Waals surface area contributed by atoms with Crippen molar-refractivity contribution in [3.8, 4) is 0 Å². The summed E-state index contributed by atoms with van der Waals surface area (Å²) in [5.41, 5.74) is 2.39. The number of hydrogen-bond acceptors (Lipinski definition) is 3. The molecule has 0 saturated heterocycles. The topological polar surface area (TPSA) is 54.9 Å². The van der Waals surface area contributed by atoms with E-state index in [4.69, 9.17) is 9.47 Å². The smallest absolute Gasteiger partial charge is 0.191 e. The molecule has 0 unspecified atom stereocenters. The van der Waals surface area contributed by atoms with E-state index in [2.05, 4.69) is 60.7 Å². The van der Waals surface area contributed by atoms with Crippen molar-refractivity contribution in [1.29, 1.82) is 0 Å². The van der Waals surface area contributed by atoms with Gasteiger partial charge in [0.15, 0.2) is 5.96 Å². The van der Waals surface area contributed by atoms with Crippen LogP contribution in [-0.4, -0.2) is 38.9 Å². The molecular formula is C20H36IN3O2. The first kappa shape index (κ1) is 25.1. The van der Waals surface area contributed by atoms with Crippen molar-refractivity contribution in [3.63, 3.8) is 0 Å². The molecule has 0 aliphatic carbocycles. The van der Waals surface area contributed by atoms with Crippen LogP contribution in [-0.2, 0) is 22.6 Å². The van der Waals surface area contributed by atoms with Gasteiger partial charge in [-0.05, 0) is 37.3 Å². The van der Waals surface area contributed by atoms with Crippen LogP contribution in [0.2, 0.25) is 0 Å². The minimum Gasteiger partial charge on any atom is -0.381 e. The lowest BCUT2D eigenvalue weighted by Crippen LogP contribution is -2.38. The molecule has 0 bridgehead atoms. The van der Waals surface area contributed by atoms with E-state index < -0.39 is 0 Å². The fraction of sp³-hybridized carbons (Fsp3) is 0.650. The van der Waals surface area contributed by atoms with Crippen LogP contribution in [0.4, 0.5) is 0 Å². The predicted molar refractivity (Wildman–Crippen MR) is 120 cm³/mol. The Balaban J connectivity index is 0.00000625. The van der Waals surface area contributed by atoms with Crippen LogP contribution in [0.1, 0.15) is 45.2 Å². The zero-order chi connectivity index (χ0) is 18.3. The Bertz CT molecular complexity index is 478. The first-order valence-electron chi connectivity index (χ1n) is 9.41. The monoisotopic (exact) mass is 477 g/mol. The second-order valence-corrected chi connectivity index (χ2v) is 6.40. The van der Waals surface area contributed by atoms with Crippen molar-refractivity contribution in [3.05, 3.63) is 35.4 Å². The van der Waals surface area contributed by atoms with Gasteiger partial charge in [-0.2, -0.15) is 0 Å². The second-order valence-electron chi connectivity index (χ2n) is 6.40. The summed E-state index contributed by atoms with van der Waals surface area (Å²) in [6.07, 6.45) is 0.975. The number of rotatable bonds is 12. The van der Waals surface area contributed by atoms with Gasteiger partial charge in [-0.1, -0.05) is 38.1 Å². The number of halogens is 1. The Morgan fingerprint density at radius 2 is 1.73 bits per heavy atom. The van der Waals surface area contributed by atoms with E-state index in [-0.39, 0.29) is 24.0 Å². The van der Waals surface area contributed by atoms with Gasteiger partial charge in [-0.25, -0.2) is 4.99 Å². The Kier molecular flexibility index (Phi) is 15.8. The Hall–Kier alpha value is -0.860. The molecule has 5 nitrogen and oxygen atoms in total. The highest BCUT2D eigenvalue weighted by molar-refractivity contribution is 14.0. The van der Waals surface area contributed by atoms with E-state index in [1.807, 2.05) is 6.92 Å². The molecule has 0 fully saturated rings. The molecule has 0 amide bonds. The number of hydrogen-bond donors (Lipinski definition) is 2. The molecule has 0 aliphatic heterocycles. The summed E-state index contributed by atoms with van der Waals surface area (Å²) in [5, 5.41) is 6.64. The van der Waals surface area contributed by atoms with Crippen molar-refractivity contribution in [1.82, 2.24) is 10.6 Å². The quantitative estimate of drug-likeness (QED) is 0.207. The fourth-order valence-corrected chi connectivity index (χ4v) is 2.17. The minimum atomic E-state index is 0. The highest BCUT2D eigenvalue weighted by Crippen LogP contribution is 2.07. The maximum absolute atomic E-state index is 5.59. The van der Waals surface area contributed by atoms with E-state index in [1.165, 1.54) is 11.1 Å². The van der Waals surface area contributed by atoms with Crippen LogP contribution in [0.5, 0.6) is 0 Å². The highest BCUT2D eigenvalue weighted by atomic mass is 127. The Labute approximate surface area is 176 Å². The molecule has 1 aromatic rings. The SMILES string of the molecule is CCNC(=NCc1ccc(COCC)cc1)NCCCOCC(C)C.I. The van der Waals surface area contributed by atoms with E-state index in [0.717, 1.165) is 45.3 Å². The summed E-state index contributed by atoms with van der Waals surface area (Å²) >= 11 is 0. The normalized spacial score (nSPS) is 11.3. The van der Waals surface area contributed by atoms with Crippen LogP contribution >= 0.6 is 24.0 Å². The molecule has 150 valence electrons. The molecule has 26 heavy (non-hydrogen) atoms. The van der Waals surface area contributed by atoms with Crippen molar-refractivity contribution in [2.75, 3.05) is 32.9 Å². The predicted octanol–water partition coefficient (Wildman–Crippen LogP) is 3.96. The average molecular weight is 477 g/mol. The van der Waals surface area contributed by atoms with Crippen molar-refractivity contribution in [2.45, 2.75) is 47.3 Å². The fourth-order valence-electron chi connectivity index (χ4n) is 2.17. The van der Waals surface area contributed by atoms with Gasteiger partial charge in [0, 0.05) is 32.9 Å². The summed E-state index contributed by atoms with van der Waals surface area (Å²) in [4.78, 5) is 4.64. The minimum absolute atomic E-state index is 0. The van der Waals surface area contributed by atoms with Crippen molar-refractivity contribution >= 4 is 29.9 Å². The van der Waals surface area contributed by atoms with Gasteiger partial charge in [0.2, 0.25) is 0 Å². The molecule has 0 aromatic heterocycles. The van der Waals surface area contributed by atoms with Crippen molar-refractivity contribution in [2.24, 2.45) is 10.9 Å². The van der Waals surface area contributed by atoms with Gasteiger partial charge in [-0.15, -0.1) is 24.0 Å². The number of guanidine groups is 1. The molecule has 0 aliphatic rings. The standard InChI is InChI=1S/C20H35N3O2.HI/c1-5-21-20(22-12-7-13-25-15-17(3)4)23-14-18-8-10-19(11-9-18)16-24-6-2;/h8-11,17H,5-7,12-16H2,1-4H3,(H2,21,22,23);1H. The van der Waals surface area contributed by atoms with Crippen molar-refractivity contribution < 1.29 is 9.47 Å². The van der Waals surface area contributed by atoms with Gasteiger partial charge >= 0.3 is 0 Å². The van der Waals surface area contributed by atoms with Crippen LogP contribution in [0.3, 0.4) is 0 Å². The molecule has 2 N–H and O–H groups in total. The summed E-state index contributed by atoms with van der Waals surface area (Å²) in [7, 11) is 0. The third kappa shape index (κ3) is 12.5. The first-order chi connectivity index (χ1) is 12.2. The lowest BCUT2D eigenvalue weighted by molar-refractivity contribution is 0.108. The van der Waals surface area contributed by atoms with E-state index in [0.29, 0.717) is 19.1 Å². The molecule has 1 aromatic carbocycles. The Morgan fingerprint density at radius 1 is 1.04 bits per heavy atom. The summed E-state index contributed by atoms with van der Waals surface area (Å²) in [5.74, 6) is 1.44. The maximum atomic E-state index is 5.59. The first-order valence-corrected chi connectivity index (χ1v) is 9.41. The molecule has 6 heteroatoms. The highest BCUT2D eigenvalue weighted by Gasteiger charge is 1.99. The van der Waals surface area contributed by atoms with Crippen LogP contribution < -0.4 is 10.6 Å². The Morgan fingerprint density at radius 3 is 2.35 bits per heavy atom. The third-order valence-electron chi connectivity index (χ3n) is 3.47. The molecule has 0 heterocycles. The van der Waals surface area contributed by atoms with Gasteiger partial charge in [0.25, 0.3) is 0 Å². The number of ether oxygens (including phenoxy) is 2. The molecular weight excluding hydrogens is 441 g/mol. The van der Waals surface area contributed by atoms with Crippen LogP contribution in [0, 0.1) is 5.92 Å². The lowest BCUT2D eigenvalue weighted by Gasteiger charge is -2.12. The zero-order valence-corrected chi connectivity index (χ0v) is 19.0. The molecule has 1 rings (SSSR count). The number of nitrogens with zero attached hydrogens (tertiary/aromatic N) is 1. The molecule has 0 atom stereocenters. The second kappa shape index (κ2) is 16.3. The van der Waals surface area contributed by atoms with E-state index in [9.17, 15) is 0 Å². The summed E-state index contributed by atoms with van der Waals surface area (Å²) in [6.45, 7) is 13.8. The molecule has 0 saturated carbocycles. The van der Waals surface area contributed by atoms with Gasteiger partial charge in [0.05, 0.1) is 13.2 Å². The average Bonchev–Trinajstić information content (AvgIpc) is 2.61. The molecule has 0 spiro atoms. The van der Waals surface area contributed by atoms with E-state index >= 15 is 0 Å². The van der Waals surface area contributed by atoms with Gasteiger partial charge in [0.1, 0.15) is 0 Å². The lowest BCUT2D eigenvalue weighted by atomic mass is 10.1. The number of benzene rings is 1. The van der Waals surface area contributed by atoms with Gasteiger partial charge < -0.3 is 20.1 Å². The summed E-state index contributed by atoms with van der Waals surface area (Å²) in [6, 6.07) is 8.43. The van der Waals surface area contributed by atoms with Crippen LogP contribution in [0.25, 0.3) is 0 Å². The largest absolute Gasteiger partial charge is 0.381 e. The number of nitrogens with one attached hydrogen (secondary N) is 2. The third-order valence-corrected chi connectivity index (χ3v) is 3.47. The number of aliphatic imine (C=N–C) groups is 1. The zero-order valence-electron chi connectivity index (χ0n) is 16.7. The van der Waals surface area contributed by atoms with Crippen LogP contribution in [0.15, 0.2) is 29.3 Å².